The maximum absolute atomic E-state index is 13.2. The number of pyridine rings is 1. The van der Waals surface area contributed by atoms with E-state index in [2.05, 4.69) is 4.98 Å². The molecular weight excluding hydrogens is 466 g/mol. The number of nitrogens with zero attached hydrogens (tertiary/aromatic N) is 3. The van der Waals surface area contributed by atoms with Crippen LogP contribution in [-0.2, 0) is 10.0 Å². The van der Waals surface area contributed by atoms with E-state index in [0.29, 0.717) is 41.0 Å². The van der Waals surface area contributed by atoms with E-state index in [-0.39, 0.29) is 37.0 Å². The highest BCUT2D eigenvalue weighted by atomic mass is 35.5. The second kappa shape index (κ2) is 8.48. The van der Waals surface area contributed by atoms with Gasteiger partial charge in [-0.05, 0) is 43.3 Å². The van der Waals surface area contributed by atoms with Crippen LogP contribution in [0.15, 0.2) is 47.4 Å². The lowest BCUT2D eigenvalue weighted by molar-refractivity contribution is 0.0697. The van der Waals surface area contributed by atoms with Crippen LogP contribution < -0.4 is 9.47 Å². The van der Waals surface area contributed by atoms with Crippen molar-refractivity contribution in [2.45, 2.75) is 11.8 Å². The highest BCUT2D eigenvalue weighted by Gasteiger charge is 2.32. The second-order valence-corrected chi connectivity index (χ2v) is 10.3. The van der Waals surface area contributed by atoms with Crippen LogP contribution in [0.25, 0.3) is 10.9 Å². The van der Waals surface area contributed by atoms with Gasteiger partial charge in [0, 0.05) is 42.7 Å². The first kappa shape index (κ1) is 21.9. The molecule has 0 atom stereocenters. The number of benzene rings is 2. The van der Waals surface area contributed by atoms with Crippen LogP contribution in [0.5, 0.6) is 11.5 Å². The molecule has 0 aliphatic carbocycles. The van der Waals surface area contributed by atoms with Gasteiger partial charge >= 0.3 is 0 Å². The van der Waals surface area contributed by atoms with Gasteiger partial charge in [0.1, 0.15) is 13.2 Å². The molecule has 3 heterocycles. The number of amides is 1. The Balaban J connectivity index is 1.32. The van der Waals surface area contributed by atoms with Crippen molar-refractivity contribution in [2.24, 2.45) is 0 Å². The molecule has 5 rings (SSSR count). The van der Waals surface area contributed by atoms with Gasteiger partial charge in [0.05, 0.1) is 21.7 Å². The molecule has 2 aliphatic rings. The van der Waals surface area contributed by atoms with Crippen molar-refractivity contribution in [2.75, 3.05) is 39.4 Å². The maximum Gasteiger partial charge on any atom is 0.255 e. The summed E-state index contributed by atoms with van der Waals surface area (Å²) < 4.78 is 38.7. The van der Waals surface area contributed by atoms with E-state index in [9.17, 15) is 13.2 Å². The Hall–Kier alpha value is -2.88. The average molecular weight is 488 g/mol. The van der Waals surface area contributed by atoms with Crippen molar-refractivity contribution < 1.29 is 22.7 Å². The Morgan fingerprint density at radius 1 is 0.970 bits per heavy atom. The van der Waals surface area contributed by atoms with Gasteiger partial charge in [-0.25, -0.2) is 8.42 Å². The quantitative estimate of drug-likeness (QED) is 0.564. The molecule has 0 bridgehead atoms. The number of piperazine rings is 1. The van der Waals surface area contributed by atoms with E-state index in [0.717, 1.165) is 10.9 Å². The third-order valence-electron chi connectivity index (χ3n) is 5.88. The van der Waals surface area contributed by atoms with Gasteiger partial charge in [-0.15, -0.1) is 0 Å². The topological polar surface area (TPSA) is 89.0 Å². The Kier molecular flexibility index (Phi) is 5.64. The molecule has 2 aliphatic heterocycles. The predicted octanol–water partition coefficient (Wildman–Crippen LogP) is 3.11. The van der Waals surface area contributed by atoms with Crippen molar-refractivity contribution in [3.05, 3.63) is 58.7 Å². The molecule has 0 radical (unpaired) electrons. The summed E-state index contributed by atoms with van der Waals surface area (Å²) in [4.78, 5) is 19.5. The fraction of sp³-hybridized carbons (Fsp3) is 0.304. The molecule has 3 aromatic rings. The van der Waals surface area contributed by atoms with Crippen LogP contribution in [0.3, 0.4) is 0 Å². The molecule has 0 spiro atoms. The molecule has 1 amide bonds. The standard InChI is InChI=1S/C23H22ClN3O5S/c1-15-19(13-16-12-17(24)2-4-20(16)25-15)23(28)26-6-8-27(9-7-26)33(29,30)18-3-5-21-22(14-18)32-11-10-31-21/h2-5,12-14H,6-11H2,1H3. The number of ether oxygens (including phenoxy) is 2. The number of hydrogen-bond acceptors (Lipinski definition) is 6. The SMILES string of the molecule is Cc1nc2ccc(Cl)cc2cc1C(=O)N1CCN(S(=O)(=O)c2ccc3c(c2)OCCO3)CC1. The molecule has 0 unspecified atom stereocenters. The lowest BCUT2D eigenvalue weighted by atomic mass is 10.1. The third kappa shape index (κ3) is 4.12. The highest BCUT2D eigenvalue weighted by molar-refractivity contribution is 7.89. The molecule has 1 fully saturated rings. The predicted molar refractivity (Wildman–Crippen MR) is 124 cm³/mol. The number of sulfonamides is 1. The van der Waals surface area contributed by atoms with Gasteiger partial charge < -0.3 is 14.4 Å². The van der Waals surface area contributed by atoms with Crippen LogP contribution in [0.4, 0.5) is 0 Å². The molecule has 10 heteroatoms. The highest BCUT2D eigenvalue weighted by Crippen LogP contribution is 2.33. The summed E-state index contributed by atoms with van der Waals surface area (Å²) in [6.45, 7) is 3.60. The summed E-state index contributed by atoms with van der Waals surface area (Å²) in [6.07, 6.45) is 0. The second-order valence-electron chi connectivity index (χ2n) is 7.96. The smallest absolute Gasteiger partial charge is 0.255 e. The Labute approximate surface area is 196 Å². The molecular formula is C23H22ClN3O5S. The van der Waals surface area contributed by atoms with E-state index < -0.39 is 10.0 Å². The number of hydrogen-bond donors (Lipinski definition) is 0. The zero-order valence-electron chi connectivity index (χ0n) is 18.0. The van der Waals surface area contributed by atoms with Crippen LogP contribution >= 0.6 is 11.6 Å². The van der Waals surface area contributed by atoms with E-state index in [4.69, 9.17) is 21.1 Å². The number of fused-ring (bicyclic) bond motifs is 2. The first-order valence-corrected chi connectivity index (χ1v) is 12.4. The minimum atomic E-state index is -3.72. The number of carbonyl (C=O) groups is 1. The third-order valence-corrected chi connectivity index (χ3v) is 8.00. The summed E-state index contributed by atoms with van der Waals surface area (Å²) in [5.74, 6) is 0.796. The Morgan fingerprint density at radius 3 is 2.45 bits per heavy atom. The number of rotatable bonds is 3. The Morgan fingerprint density at radius 2 is 1.70 bits per heavy atom. The average Bonchev–Trinajstić information content (AvgIpc) is 2.83. The van der Waals surface area contributed by atoms with Crippen LogP contribution in [0.2, 0.25) is 5.02 Å². The largest absolute Gasteiger partial charge is 0.486 e. The summed E-state index contributed by atoms with van der Waals surface area (Å²) >= 11 is 6.09. The van der Waals surface area contributed by atoms with Gasteiger partial charge in [0.2, 0.25) is 10.0 Å². The van der Waals surface area contributed by atoms with Gasteiger partial charge in [0.15, 0.2) is 11.5 Å². The molecule has 1 aromatic heterocycles. The van der Waals surface area contributed by atoms with Crippen molar-refractivity contribution in [3.63, 3.8) is 0 Å². The van der Waals surface area contributed by atoms with E-state index in [1.54, 1.807) is 36.1 Å². The number of carbonyl (C=O) groups excluding carboxylic acids is 1. The summed E-state index contributed by atoms with van der Waals surface area (Å²) in [5, 5.41) is 1.36. The van der Waals surface area contributed by atoms with Crippen molar-refractivity contribution in [1.82, 2.24) is 14.2 Å². The van der Waals surface area contributed by atoms with Crippen molar-refractivity contribution in [3.8, 4) is 11.5 Å². The van der Waals surface area contributed by atoms with Crippen molar-refractivity contribution in [1.29, 1.82) is 0 Å². The van der Waals surface area contributed by atoms with Gasteiger partial charge in [-0.1, -0.05) is 11.6 Å². The molecule has 0 N–H and O–H groups in total. The lowest BCUT2D eigenvalue weighted by Crippen LogP contribution is -2.50. The first-order chi connectivity index (χ1) is 15.8. The minimum Gasteiger partial charge on any atom is -0.486 e. The number of aromatic nitrogens is 1. The number of halogens is 1. The summed E-state index contributed by atoms with van der Waals surface area (Å²) in [7, 11) is -3.72. The fourth-order valence-corrected chi connectivity index (χ4v) is 5.71. The van der Waals surface area contributed by atoms with Gasteiger partial charge in [0.25, 0.3) is 5.91 Å². The van der Waals surface area contributed by atoms with E-state index in [1.165, 1.54) is 16.4 Å². The van der Waals surface area contributed by atoms with Gasteiger partial charge in [-0.3, -0.25) is 9.78 Å². The van der Waals surface area contributed by atoms with Crippen LogP contribution in [0, 0.1) is 6.92 Å². The lowest BCUT2D eigenvalue weighted by Gasteiger charge is -2.34. The molecule has 1 saturated heterocycles. The first-order valence-electron chi connectivity index (χ1n) is 10.6. The zero-order valence-corrected chi connectivity index (χ0v) is 19.5. The molecule has 172 valence electrons. The summed E-state index contributed by atoms with van der Waals surface area (Å²) in [5.41, 5.74) is 1.89. The molecule has 2 aromatic carbocycles. The minimum absolute atomic E-state index is 0.151. The zero-order chi connectivity index (χ0) is 23.2. The number of aryl methyl sites for hydroxylation is 1. The van der Waals surface area contributed by atoms with Gasteiger partial charge in [-0.2, -0.15) is 4.31 Å². The van der Waals surface area contributed by atoms with Crippen molar-refractivity contribution >= 4 is 38.4 Å². The van der Waals surface area contributed by atoms with Crippen LogP contribution in [-0.4, -0.2) is 67.9 Å². The van der Waals surface area contributed by atoms with Crippen LogP contribution in [0.1, 0.15) is 16.1 Å². The Bertz CT molecular complexity index is 1350. The maximum atomic E-state index is 13.2. The van der Waals surface area contributed by atoms with E-state index in [1.807, 2.05) is 6.07 Å². The monoisotopic (exact) mass is 487 g/mol. The van der Waals surface area contributed by atoms with E-state index >= 15 is 0 Å². The molecule has 8 nitrogen and oxygen atoms in total. The summed E-state index contributed by atoms with van der Waals surface area (Å²) in [6, 6.07) is 11.8. The molecule has 33 heavy (non-hydrogen) atoms. The molecule has 0 saturated carbocycles. The fourth-order valence-electron chi connectivity index (χ4n) is 4.10. The normalized spacial score (nSPS) is 16.7.